The quantitative estimate of drug-likeness (QED) is 0.136. The Morgan fingerprint density at radius 1 is 0.469 bits per heavy atom. The Balaban J connectivity index is 0.000000114. The number of carbonyl (C=O) groups excluding carboxylic acids is 3. The van der Waals surface area contributed by atoms with E-state index in [9.17, 15) is 14.4 Å². The van der Waals surface area contributed by atoms with Crippen molar-refractivity contribution in [2.75, 3.05) is 27.9 Å². The molecule has 15 rings (SSSR count). The van der Waals surface area contributed by atoms with Crippen LogP contribution >= 0.6 is 0 Å². The molecule has 0 bridgehead atoms. The van der Waals surface area contributed by atoms with Crippen LogP contribution in [0.1, 0.15) is 95.3 Å². The fourth-order valence-electron chi connectivity index (χ4n) is 11.6. The number of aromatic nitrogens is 9. The van der Waals surface area contributed by atoms with Gasteiger partial charge in [0.25, 0.3) is 0 Å². The van der Waals surface area contributed by atoms with Gasteiger partial charge in [-0.1, -0.05) is 30.3 Å². The SMILES string of the molecule is CC1(C)C(=O)N(C2CC2)c2cc(-c3cn(-c4cccnc4)cn3)ccc21.Cc1cc(-c2cnn(-c3ccc4c(c3)N(C3COC3)C(=O)C4(C)C)c2)ccn1.Cc1ccc(-c2cnn(-c3ccc4c(c3)N(C3CC3)C(=O)C4(C)C)c2)cn1. The summed E-state index contributed by atoms with van der Waals surface area (Å²) in [4.78, 5) is 62.1. The number of aryl methyl sites for hydroxylation is 2. The van der Waals surface area contributed by atoms with Crippen LogP contribution in [0.15, 0.2) is 153 Å². The van der Waals surface area contributed by atoms with Gasteiger partial charge in [-0.15, -0.1) is 0 Å². The second kappa shape index (κ2) is 19.4. The Bertz CT molecular complexity index is 3940. The van der Waals surface area contributed by atoms with Gasteiger partial charge in [-0.05, 0) is 164 Å². The predicted octanol–water partition coefficient (Wildman–Crippen LogP) is 11.0. The number of hydrogen-bond acceptors (Lipinski definition) is 10. The Labute approximate surface area is 471 Å². The zero-order chi connectivity index (χ0) is 56.1. The van der Waals surface area contributed by atoms with E-state index in [2.05, 4.69) is 84.7 Å². The molecule has 2 aliphatic carbocycles. The number of fused-ring (bicyclic) bond motifs is 3. The van der Waals surface area contributed by atoms with E-state index in [0.717, 1.165) is 121 Å². The molecule has 16 heteroatoms. The molecule has 9 aromatic rings. The van der Waals surface area contributed by atoms with Gasteiger partial charge in [0.2, 0.25) is 17.7 Å². The van der Waals surface area contributed by atoms with Gasteiger partial charge in [0.05, 0.1) is 94.5 Å². The van der Waals surface area contributed by atoms with Gasteiger partial charge < -0.3 is 24.0 Å². The molecule has 81 heavy (non-hydrogen) atoms. The van der Waals surface area contributed by atoms with Crippen molar-refractivity contribution in [3.63, 3.8) is 0 Å². The van der Waals surface area contributed by atoms with E-state index in [1.54, 1.807) is 12.5 Å². The minimum atomic E-state index is -0.521. The minimum absolute atomic E-state index is 0.122. The van der Waals surface area contributed by atoms with E-state index in [0.29, 0.717) is 25.3 Å². The van der Waals surface area contributed by atoms with Crippen LogP contribution in [-0.4, -0.2) is 93.1 Å². The number of nitrogens with zero attached hydrogens (tertiary/aromatic N) is 12. The summed E-state index contributed by atoms with van der Waals surface area (Å²) in [7, 11) is 0. The Hall–Kier alpha value is -8.89. The van der Waals surface area contributed by atoms with E-state index in [1.807, 2.05) is 170 Å². The zero-order valence-electron chi connectivity index (χ0n) is 46.9. The van der Waals surface area contributed by atoms with Crippen molar-refractivity contribution in [1.82, 2.24) is 44.1 Å². The van der Waals surface area contributed by atoms with Gasteiger partial charge in [-0.25, -0.2) is 14.3 Å². The molecule has 0 spiro atoms. The van der Waals surface area contributed by atoms with Gasteiger partial charge >= 0.3 is 0 Å². The monoisotopic (exact) mass is 1080 g/mol. The third kappa shape index (κ3) is 9.11. The van der Waals surface area contributed by atoms with Crippen LogP contribution in [0.25, 0.3) is 50.6 Å². The number of carbonyl (C=O) groups is 3. The van der Waals surface area contributed by atoms with Crippen LogP contribution in [0, 0.1) is 13.8 Å². The van der Waals surface area contributed by atoms with E-state index in [1.165, 1.54) is 0 Å². The van der Waals surface area contributed by atoms with E-state index in [4.69, 9.17) is 4.74 Å². The van der Waals surface area contributed by atoms with Crippen LogP contribution in [0.3, 0.4) is 0 Å². The first kappa shape index (κ1) is 51.5. The molecule has 3 aromatic carbocycles. The highest BCUT2D eigenvalue weighted by Gasteiger charge is 2.51. The summed E-state index contributed by atoms with van der Waals surface area (Å²) in [6.07, 6.45) is 23.2. The van der Waals surface area contributed by atoms with Gasteiger partial charge in [0.1, 0.15) is 0 Å². The number of ether oxygens (including phenoxy) is 1. The summed E-state index contributed by atoms with van der Waals surface area (Å²) in [5.74, 6) is 0.568. The Morgan fingerprint density at radius 2 is 1.01 bits per heavy atom. The Morgan fingerprint density at radius 3 is 1.52 bits per heavy atom. The van der Waals surface area contributed by atoms with Crippen molar-refractivity contribution < 1.29 is 19.1 Å². The number of benzene rings is 3. The van der Waals surface area contributed by atoms with Crippen LogP contribution < -0.4 is 14.7 Å². The van der Waals surface area contributed by atoms with Gasteiger partial charge in [0.15, 0.2) is 0 Å². The second-order valence-corrected chi connectivity index (χ2v) is 23.8. The number of rotatable bonds is 9. The fourth-order valence-corrected chi connectivity index (χ4v) is 11.6. The summed E-state index contributed by atoms with van der Waals surface area (Å²) in [6.45, 7) is 17.2. The topological polar surface area (TPSA) is 162 Å². The number of anilines is 3. The standard InChI is InChI=1S/C22H22N4O2.C22H22N4O.C21H20N4O/c1-14-8-15(6-7-23-14)16-10-24-25(11-16)17-4-5-19-20(9-17)26(18-12-28-13-18)21(27)22(19,2)3;1-14-4-5-15(11-23-14)16-12-24-25(13-16)18-8-9-19-20(10-18)26(17-6-7-17)21(27)22(19,2)3;1-21(2)17-8-5-14(10-19(17)25(20(21)26)15-6-7-15)18-12-24(13-23-18)16-4-3-9-22-11-16/h4-11,18H,12-13H2,1-3H3;4-5,8-13,17H,6-7H2,1-3H3;3-5,8-13,15H,6-7H2,1-2H3. The molecule has 6 aliphatic rings. The minimum Gasteiger partial charge on any atom is -0.377 e. The molecule has 2 saturated carbocycles. The summed E-state index contributed by atoms with van der Waals surface area (Å²) < 4.78 is 11.0. The average Bonchev–Trinajstić information content (AvgIpc) is 4.11. The smallest absolute Gasteiger partial charge is 0.237 e. The lowest BCUT2D eigenvalue weighted by Crippen LogP contribution is -2.52. The first-order valence-corrected chi connectivity index (χ1v) is 27.9. The maximum atomic E-state index is 13.0. The third-order valence-electron chi connectivity index (χ3n) is 16.8. The highest BCUT2D eigenvalue weighted by molar-refractivity contribution is 6.10. The number of amides is 3. The highest BCUT2D eigenvalue weighted by atomic mass is 16.5. The molecule has 0 N–H and O–H groups in total. The number of imidazole rings is 1. The predicted molar refractivity (Wildman–Crippen MR) is 312 cm³/mol. The van der Waals surface area contributed by atoms with Crippen LogP contribution in [0.2, 0.25) is 0 Å². The summed E-state index contributed by atoms with van der Waals surface area (Å²) >= 11 is 0. The maximum Gasteiger partial charge on any atom is 0.237 e. The molecular formula is C65H64N12O4. The molecule has 4 aliphatic heterocycles. The lowest BCUT2D eigenvalue weighted by molar-refractivity contribution is -0.124. The first-order valence-electron chi connectivity index (χ1n) is 27.9. The van der Waals surface area contributed by atoms with Gasteiger partial charge in [-0.3, -0.25) is 29.3 Å². The fraction of sp³-hybridized carbons (Fsp3) is 0.308. The van der Waals surface area contributed by atoms with Crippen LogP contribution in [0.4, 0.5) is 17.1 Å². The molecule has 10 heterocycles. The molecule has 0 atom stereocenters. The molecular weight excluding hydrogens is 1010 g/mol. The number of pyridine rings is 3. The lowest BCUT2D eigenvalue weighted by atomic mass is 9.86. The van der Waals surface area contributed by atoms with Crippen molar-refractivity contribution in [2.24, 2.45) is 0 Å². The maximum absolute atomic E-state index is 13.0. The molecule has 3 fully saturated rings. The van der Waals surface area contributed by atoms with Crippen molar-refractivity contribution in [3.05, 3.63) is 181 Å². The molecule has 408 valence electrons. The van der Waals surface area contributed by atoms with Gasteiger partial charge in [0, 0.05) is 88.6 Å². The summed E-state index contributed by atoms with van der Waals surface area (Å²) in [5.41, 5.74) is 15.9. The second-order valence-electron chi connectivity index (χ2n) is 23.8. The molecule has 0 unspecified atom stereocenters. The zero-order valence-corrected chi connectivity index (χ0v) is 46.9. The van der Waals surface area contributed by atoms with E-state index in [-0.39, 0.29) is 23.8 Å². The molecule has 1 saturated heterocycles. The lowest BCUT2D eigenvalue weighted by Gasteiger charge is -2.35. The third-order valence-corrected chi connectivity index (χ3v) is 16.8. The summed E-state index contributed by atoms with van der Waals surface area (Å²) in [6, 6.07) is 31.5. The van der Waals surface area contributed by atoms with Crippen molar-refractivity contribution in [2.45, 2.75) is 115 Å². The van der Waals surface area contributed by atoms with E-state index < -0.39 is 16.2 Å². The highest BCUT2D eigenvalue weighted by Crippen LogP contribution is 2.50. The van der Waals surface area contributed by atoms with Crippen LogP contribution in [0.5, 0.6) is 0 Å². The normalized spacial score (nSPS) is 18.2. The van der Waals surface area contributed by atoms with Crippen molar-refractivity contribution >= 4 is 34.8 Å². The molecule has 3 amide bonds. The van der Waals surface area contributed by atoms with Crippen molar-refractivity contribution in [3.8, 4) is 50.6 Å². The van der Waals surface area contributed by atoms with Crippen molar-refractivity contribution in [1.29, 1.82) is 0 Å². The molecule has 6 aromatic heterocycles. The molecule has 16 nitrogen and oxygen atoms in total. The largest absolute Gasteiger partial charge is 0.377 e. The Kier molecular flexibility index (Phi) is 12.4. The van der Waals surface area contributed by atoms with Gasteiger partial charge in [-0.2, -0.15) is 10.2 Å². The average molecular weight is 1080 g/mol. The van der Waals surface area contributed by atoms with E-state index >= 15 is 0 Å². The molecule has 0 radical (unpaired) electrons. The summed E-state index contributed by atoms with van der Waals surface area (Å²) in [5, 5.41) is 9.08. The number of hydrogen-bond donors (Lipinski definition) is 0. The van der Waals surface area contributed by atoms with Crippen LogP contribution in [-0.2, 0) is 35.4 Å². The first-order chi connectivity index (χ1) is 38.9.